The number of amides is 1. The maximum atomic E-state index is 13.2. The Hall–Kier alpha value is -2.85. The summed E-state index contributed by atoms with van der Waals surface area (Å²) in [7, 11) is 0. The third kappa shape index (κ3) is 4.17. The van der Waals surface area contributed by atoms with Gasteiger partial charge in [-0.2, -0.15) is 0 Å². The predicted molar refractivity (Wildman–Crippen MR) is 128 cm³/mol. The monoisotopic (exact) mass is 413 g/mol. The molecular formula is C27H31N3O. The van der Waals surface area contributed by atoms with Crippen molar-refractivity contribution in [3.05, 3.63) is 77.4 Å². The fraction of sp³-hybridized carbons (Fsp3) is 0.370. The first kappa shape index (κ1) is 20.1. The minimum atomic E-state index is -0.0660. The van der Waals surface area contributed by atoms with Crippen LogP contribution >= 0.6 is 0 Å². The highest BCUT2D eigenvalue weighted by Gasteiger charge is 2.31. The molecule has 5 rings (SSSR count). The smallest absolute Gasteiger partial charge is 0.252 e. The molecule has 0 aromatic heterocycles. The summed E-state index contributed by atoms with van der Waals surface area (Å²) in [6.45, 7) is 8.40. The number of nitrogens with zero attached hydrogens (tertiary/aromatic N) is 2. The number of hydrogen-bond acceptors (Lipinski definition) is 3. The Morgan fingerprint density at radius 1 is 0.968 bits per heavy atom. The molecule has 0 unspecified atom stereocenters. The molecule has 1 saturated heterocycles. The molecule has 0 radical (unpaired) electrons. The molecule has 1 saturated carbocycles. The Bertz CT molecular complexity index is 1090. The second-order valence-electron chi connectivity index (χ2n) is 9.02. The lowest BCUT2D eigenvalue weighted by Gasteiger charge is -2.36. The van der Waals surface area contributed by atoms with Gasteiger partial charge in [0, 0.05) is 43.5 Å². The third-order valence-electron chi connectivity index (χ3n) is 6.85. The second-order valence-corrected chi connectivity index (χ2v) is 9.02. The Balaban J connectivity index is 1.32. The van der Waals surface area contributed by atoms with Crippen LogP contribution in [0.2, 0.25) is 0 Å². The van der Waals surface area contributed by atoms with Crippen LogP contribution in [0, 0.1) is 6.92 Å². The molecule has 1 aliphatic heterocycles. The minimum absolute atomic E-state index is 0.00333. The summed E-state index contributed by atoms with van der Waals surface area (Å²) in [6, 6.07) is 21.7. The average Bonchev–Trinajstić information content (AvgIpc) is 3.64. The Labute approximate surface area is 184 Å². The summed E-state index contributed by atoms with van der Waals surface area (Å²) in [4.78, 5) is 18.3. The molecule has 4 heteroatoms. The first-order valence-electron chi connectivity index (χ1n) is 11.5. The zero-order chi connectivity index (χ0) is 21.4. The van der Waals surface area contributed by atoms with E-state index < -0.39 is 0 Å². The van der Waals surface area contributed by atoms with Crippen molar-refractivity contribution in [2.45, 2.75) is 38.8 Å². The number of anilines is 1. The van der Waals surface area contributed by atoms with Gasteiger partial charge in [-0.3, -0.25) is 9.69 Å². The van der Waals surface area contributed by atoms with Gasteiger partial charge in [0.1, 0.15) is 0 Å². The average molecular weight is 414 g/mol. The molecule has 1 N–H and O–H groups in total. The van der Waals surface area contributed by atoms with E-state index in [-0.39, 0.29) is 11.9 Å². The lowest BCUT2D eigenvalue weighted by Crippen LogP contribution is -2.47. The molecule has 3 aromatic rings. The highest BCUT2D eigenvalue weighted by molar-refractivity contribution is 5.97. The second kappa shape index (κ2) is 8.35. The van der Waals surface area contributed by atoms with Crippen molar-refractivity contribution >= 4 is 22.4 Å². The van der Waals surface area contributed by atoms with Crippen LogP contribution in [0.3, 0.4) is 0 Å². The number of rotatable bonds is 5. The van der Waals surface area contributed by atoms with E-state index in [0.29, 0.717) is 0 Å². The fourth-order valence-corrected chi connectivity index (χ4v) is 4.82. The van der Waals surface area contributed by atoms with E-state index in [1.54, 1.807) is 0 Å². The van der Waals surface area contributed by atoms with Gasteiger partial charge in [0.15, 0.2) is 0 Å². The van der Waals surface area contributed by atoms with Crippen molar-refractivity contribution in [1.29, 1.82) is 0 Å². The minimum Gasteiger partial charge on any atom is -0.369 e. The maximum absolute atomic E-state index is 13.2. The van der Waals surface area contributed by atoms with Crippen molar-refractivity contribution < 1.29 is 4.79 Å². The number of piperazine rings is 1. The van der Waals surface area contributed by atoms with Crippen LogP contribution in [-0.4, -0.2) is 43.0 Å². The van der Waals surface area contributed by atoms with Gasteiger partial charge in [-0.05, 0) is 60.7 Å². The molecule has 2 aliphatic rings. The molecule has 1 aliphatic carbocycles. The van der Waals surface area contributed by atoms with Crippen LogP contribution in [-0.2, 0) is 0 Å². The quantitative estimate of drug-likeness (QED) is 0.645. The van der Waals surface area contributed by atoms with Gasteiger partial charge >= 0.3 is 0 Å². The van der Waals surface area contributed by atoms with E-state index >= 15 is 0 Å². The summed E-state index contributed by atoms with van der Waals surface area (Å²) in [5.74, 6) is -0.00333. The van der Waals surface area contributed by atoms with Crippen LogP contribution in [0.1, 0.15) is 47.3 Å². The molecule has 3 aromatic carbocycles. The van der Waals surface area contributed by atoms with Crippen LogP contribution < -0.4 is 10.2 Å². The highest BCUT2D eigenvalue weighted by atomic mass is 16.1. The first-order chi connectivity index (χ1) is 15.1. The largest absolute Gasteiger partial charge is 0.369 e. The van der Waals surface area contributed by atoms with Crippen molar-refractivity contribution in [3.8, 4) is 0 Å². The van der Waals surface area contributed by atoms with Gasteiger partial charge in [0.25, 0.3) is 5.91 Å². The normalized spacial score (nSPS) is 18.2. The molecule has 31 heavy (non-hydrogen) atoms. The van der Waals surface area contributed by atoms with Crippen molar-refractivity contribution in [3.63, 3.8) is 0 Å². The number of hydrogen-bond donors (Lipinski definition) is 1. The summed E-state index contributed by atoms with van der Waals surface area (Å²) in [6.07, 6.45) is 2.73. The number of nitrogens with one attached hydrogen (secondary N) is 1. The van der Waals surface area contributed by atoms with Gasteiger partial charge in [-0.15, -0.1) is 0 Å². The van der Waals surface area contributed by atoms with Crippen LogP contribution in [0.15, 0.2) is 60.7 Å². The SMILES string of the molecule is Cc1ccc(N2CCN(C3CC3)CC2)cc1C(=O)N[C@H](C)c1cccc2ccccc12. The van der Waals surface area contributed by atoms with Gasteiger partial charge in [-0.1, -0.05) is 48.5 Å². The number of benzene rings is 3. The van der Waals surface area contributed by atoms with E-state index in [4.69, 9.17) is 0 Å². The van der Waals surface area contributed by atoms with E-state index in [2.05, 4.69) is 82.7 Å². The molecule has 160 valence electrons. The number of fused-ring (bicyclic) bond motifs is 1. The van der Waals surface area contributed by atoms with Crippen LogP contribution in [0.4, 0.5) is 5.69 Å². The van der Waals surface area contributed by atoms with Crippen molar-refractivity contribution in [2.75, 3.05) is 31.1 Å². The summed E-state index contributed by atoms with van der Waals surface area (Å²) < 4.78 is 0. The molecular weight excluding hydrogens is 382 g/mol. The Kier molecular flexibility index (Phi) is 5.41. The van der Waals surface area contributed by atoms with Crippen molar-refractivity contribution in [2.24, 2.45) is 0 Å². The van der Waals surface area contributed by atoms with E-state index in [9.17, 15) is 4.79 Å². The lowest BCUT2D eigenvalue weighted by molar-refractivity contribution is 0.0939. The molecule has 0 bridgehead atoms. The fourth-order valence-electron chi connectivity index (χ4n) is 4.82. The number of carbonyl (C=O) groups excluding carboxylic acids is 1. The van der Waals surface area contributed by atoms with Gasteiger partial charge in [0.2, 0.25) is 0 Å². The molecule has 2 fully saturated rings. The molecule has 4 nitrogen and oxygen atoms in total. The lowest BCUT2D eigenvalue weighted by atomic mass is 9.99. The zero-order valence-corrected chi connectivity index (χ0v) is 18.5. The molecule has 1 atom stereocenters. The van der Waals surface area contributed by atoms with E-state index in [1.807, 2.05) is 6.92 Å². The Morgan fingerprint density at radius 3 is 2.48 bits per heavy atom. The zero-order valence-electron chi connectivity index (χ0n) is 18.5. The van der Waals surface area contributed by atoms with Gasteiger partial charge < -0.3 is 10.2 Å². The molecule has 0 spiro atoms. The van der Waals surface area contributed by atoms with Gasteiger partial charge in [-0.25, -0.2) is 0 Å². The number of carbonyl (C=O) groups is 1. The van der Waals surface area contributed by atoms with Crippen LogP contribution in [0.5, 0.6) is 0 Å². The predicted octanol–water partition coefficient (Wildman–Crippen LogP) is 4.92. The van der Waals surface area contributed by atoms with E-state index in [1.165, 1.54) is 23.6 Å². The van der Waals surface area contributed by atoms with Crippen LogP contribution in [0.25, 0.3) is 10.8 Å². The third-order valence-corrected chi connectivity index (χ3v) is 6.85. The van der Waals surface area contributed by atoms with Crippen molar-refractivity contribution in [1.82, 2.24) is 10.2 Å². The van der Waals surface area contributed by atoms with Gasteiger partial charge in [0.05, 0.1) is 6.04 Å². The Morgan fingerprint density at radius 2 is 1.71 bits per heavy atom. The summed E-state index contributed by atoms with van der Waals surface area (Å²) in [5, 5.41) is 5.63. The van der Waals surface area contributed by atoms with E-state index in [0.717, 1.165) is 54.6 Å². The maximum Gasteiger partial charge on any atom is 0.252 e. The summed E-state index contributed by atoms with van der Waals surface area (Å²) >= 11 is 0. The first-order valence-corrected chi connectivity index (χ1v) is 11.5. The number of aryl methyl sites for hydroxylation is 1. The standard InChI is InChI=1S/C27H31N3O/c1-19-10-11-23(30-16-14-29(15-17-30)22-12-13-22)18-26(19)27(31)28-20(2)24-9-5-7-21-6-3-4-8-25(21)24/h3-11,18,20,22H,12-17H2,1-2H3,(H,28,31)/t20-/m1/s1. The molecule has 1 heterocycles. The topological polar surface area (TPSA) is 35.6 Å². The highest BCUT2D eigenvalue weighted by Crippen LogP contribution is 2.29. The molecule has 1 amide bonds. The summed E-state index contributed by atoms with van der Waals surface area (Å²) in [5.41, 5.74) is 4.10.